The van der Waals surface area contributed by atoms with Gasteiger partial charge in [0.05, 0.1) is 10.1 Å². The van der Waals surface area contributed by atoms with Gasteiger partial charge in [-0.15, -0.1) is 33.3 Å². The Morgan fingerprint density at radius 1 is 1.40 bits per heavy atom. The molecule has 0 bridgehead atoms. The van der Waals surface area contributed by atoms with Gasteiger partial charge in [0, 0.05) is 16.5 Å². The van der Waals surface area contributed by atoms with Crippen LogP contribution in [0.5, 0.6) is 0 Å². The molecule has 0 aliphatic heterocycles. The Morgan fingerprint density at radius 3 is 2.80 bits per heavy atom. The van der Waals surface area contributed by atoms with Gasteiger partial charge in [-0.2, -0.15) is 0 Å². The number of nitrogens with zero attached hydrogens (tertiary/aromatic N) is 2. The minimum absolute atomic E-state index is 0.0518. The monoisotopic (exact) mass is 347 g/mol. The SMILES string of the molecule is CC(C)c1nnc(NC(=O)CSCc2ccc(Cl)s2)s1. The van der Waals surface area contributed by atoms with Gasteiger partial charge in [0.15, 0.2) is 0 Å². The molecule has 20 heavy (non-hydrogen) atoms. The molecule has 0 atom stereocenters. The highest BCUT2D eigenvalue weighted by atomic mass is 35.5. The molecule has 1 amide bonds. The van der Waals surface area contributed by atoms with Crippen LogP contribution in [0.3, 0.4) is 0 Å². The summed E-state index contributed by atoms with van der Waals surface area (Å²) in [6, 6.07) is 3.86. The molecule has 1 N–H and O–H groups in total. The normalized spacial score (nSPS) is 11.0. The second-order valence-corrected chi connectivity index (χ2v) is 8.14. The highest BCUT2D eigenvalue weighted by molar-refractivity contribution is 7.99. The predicted molar refractivity (Wildman–Crippen MR) is 88.1 cm³/mol. The van der Waals surface area contributed by atoms with Crippen molar-refractivity contribution < 1.29 is 4.79 Å². The van der Waals surface area contributed by atoms with Gasteiger partial charge in [-0.3, -0.25) is 10.1 Å². The van der Waals surface area contributed by atoms with Crippen LogP contribution in [0.25, 0.3) is 0 Å². The number of aromatic nitrogens is 2. The van der Waals surface area contributed by atoms with Crippen LogP contribution in [0.15, 0.2) is 12.1 Å². The highest BCUT2D eigenvalue weighted by Crippen LogP contribution is 2.25. The maximum atomic E-state index is 11.8. The van der Waals surface area contributed by atoms with Gasteiger partial charge in [-0.05, 0) is 12.1 Å². The van der Waals surface area contributed by atoms with E-state index in [0.717, 1.165) is 15.1 Å². The third-order valence-electron chi connectivity index (χ3n) is 2.29. The number of halogens is 1. The van der Waals surface area contributed by atoms with Crippen molar-refractivity contribution in [2.24, 2.45) is 0 Å². The van der Waals surface area contributed by atoms with Crippen molar-refractivity contribution in [3.8, 4) is 0 Å². The first-order valence-corrected chi connectivity index (χ1v) is 9.16. The van der Waals surface area contributed by atoms with Crippen LogP contribution in [0, 0.1) is 0 Å². The van der Waals surface area contributed by atoms with E-state index in [-0.39, 0.29) is 5.91 Å². The Balaban J connectivity index is 1.74. The fourth-order valence-corrected chi connectivity index (χ4v) is 4.14. The Hall–Kier alpha value is -0.630. The summed E-state index contributed by atoms with van der Waals surface area (Å²) < 4.78 is 0.778. The van der Waals surface area contributed by atoms with Gasteiger partial charge in [-0.1, -0.05) is 36.8 Å². The van der Waals surface area contributed by atoms with Gasteiger partial charge in [-0.25, -0.2) is 0 Å². The molecule has 0 radical (unpaired) electrons. The van der Waals surface area contributed by atoms with Gasteiger partial charge in [0.25, 0.3) is 0 Å². The maximum absolute atomic E-state index is 11.8. The topological polar surface area (TPSA) is 54.9 Å². The average Bonchev–Trinajstić information content (AvgIpc) is 2.99. The van der Waals surface area contributed by atoms with Gasteiger partial charge in [0.1, 0.15) is 5.01 Å². The van der Waals surface area contributed by atoms with E-state index in [2.05, 4.69) is 15.5 Å². The molecule has 0 unspecified atom stereocenters. The number of carbonyl (C=O) groups is 1. The second kappa shape index (κ2) is 7.40. The van der Waals surface area contributed by atoms with Crippen LogP contribution in [-0.4, -0.2) is 21.9 Å². The quantitative estimate of drug-likeness (QED) is 0.848. The Labute approximate surface area is 135 Å². The summed E-state index contributed by atoms with van der Waals surface area (Å²) in [6.07, 6.45) is 0. The lowest BCUT2D eigenvalue weighted by molar-refractivity contribution is -0.113. The molecule has 0 saturated carbocycles. The van der Waals surface area contributed by atoms with E-state index < -0.39 is 0 Å². The molecular weight excluding hydrogens is 334 g/mol. The van der Waals surface area contributed by atoms with Crippen LogP contribution >= 0.6 is 46.0 Å². The Kier molecular flexibility index (Phi) is 5.83. The molecule has 0 saturated heterocycles. The fourth-order valence-electron chi connectivity index (χ4n) is 1.35. The molecule has 0 aliphatic rings. The van der Waals surface area contributed by atoms with E-state index >= 15 is 0 Å². The number of thioether (sulfide) groups is 1. The van der Waals surface area contributed by atoms with Crippen molar-refractivity contribution in [2.75, 3.05) is 11.1 Å². The minimum atomic E-state index is -0.0518. The van der Waals surface area contributed by atoms with E-state index in [1.165, 1.54) is 16.2 Å². The summed E-state index contributed by atoms with van der Waals surface area (Å²) in [7, 11) is 0. The molecule has 0 aliphatic carbocycles. The number of rotatable bonds is 6. The summed E-state index contributed by atoms with van der Waals surface area (Å²) in [5.74, 6) is 1.46. The van der Waals surface area contributed by atoms with Crippen LogP contribution in [0.4, 0.5) is 5.13 Å². The van der Waals surface area contributed by atoms with E-state index in [1.54, 1.807) is 23.1 Å². The largest absolute Gasteiger partial charge is 0.300 e. The second-order valence-electron chi connectivity index (χ2n) is 4.35. The van der Waals surface area contributed by atoms with Gasteiger partial charge < -0.3 is 0 Å². The third-order valence-corrected chi connectivity index (χ3v) is 5.82. The molecule has 0 spiro atoms. The zero-order valence-electron chi connectivity index (χ0n) is 11.1. The number of anilines is 1. The van der Waals surface area contributed by atoms with Crippen LogP contribution in [-0.2, 0) is 10.5 Å². The summed E-state index contributed by atoms with van der Waals surface area (Å²) in [5, 5.41) is 12.3. The van der Waals surface area contributed by atoms with Gasteiger partial charge in [0.2, 0.25) is 11.0 Å². The molecular formula is C12H14ClN3OS3. The molecule has 2 heterocycles. The third kappa shape index (κ3) is 4.73. The maximum Gasteiger partial charge on any atom is 0.236 e. The van der Waals surface area contributed by atoms with Crippen LogP contribution < -0.4 is 5.32 Å². The molecule has 108 valence electrons. The first-order chi connectivity index (χ1) is 9.54. The number of nitrogens with one attached hydrogen (secondary N) is 1. The van der Waals surface area contributed by atoms with Crippen molar-refractivity contribution in [3.05, 3.63) is 26.4 Å². The molecule has 0 fully saturated rings. The number of amides is 1. The van der Waals surface area contributed by atoms with E-state index in [1.807, 2.05) is 26.0 Å². The lowest BCUT2D eigenvalue weighted by Crippen LogP contribution is -2.13. The van der Waals surface area contributed by atoms with Crippen molar-refractivity contribution in [2.45, 2.75) is 25.5 Å². The molecule has 0 aromatic carbocycles. The zero-order chi connectivity index (χ0) is 14.5. The average molecular weight is 348 g/mol. The fraction of sp³-hybridized carbons (Fsp3) is 0.417. The van der Waals surface area contributed by atoms with E-state index in [0.29, 0.717) is 16.8 Å². The first-order valence-electron chi connectivity index (χ1n) is 6.00. The zero-order valence-corrected chi connectivity index (χ0v) is 14.3. The summed E-state index contributed by atoms with van der Waals surface area (Å²) >= 11 is 10.4. The number of carbonyl (C=O) groups excluding carboxylic acids is 1. The molecule has 4 nitrogen and oxygen atoms in total. The van der Waals surface area contributed by atoms with Gasteiger partial charge >= 0.3 is 0 Å². The Bertz CT molecular complexity index is 582. The minimum Gasteiger partial charge on any atom is -0.300 e. The molecule has 8 heteroatoms. The Morgan fingerprint density at radius 2 is 2.20 bits per heavy atom. The van der Waals surface area contributed by atoms with Crippen molar-refractivity contribution in [3.63, 3.8) is 0 Å². The standard InChI is InChI=1S/C12H14ClN3OS3/c1-7(2)11-15-16-12(20-11)14-10(17)6-18-5-8-3-4-9(13)19-8/h3-4,7H,5-6H2,1-2H3,(H,14,16,17). The van der Waals surface area contributed by atoms with Crippen LogP contribution in [0.1, 0.15) is 29.7 Å². The smallest absolute Gasteiger partial charge is 0.236 e. The number of hydrogen-bond acceptors (Lipinski definition) is 6. The van der Waals surface area contributed by atoms with Crippen LogP contribution in [0.2, 0.25) is 4.34 Å². The van der Waals surface area contributed by atoms with Crippen molar-refractivity contribution >= 4 is 57.1 Å². The van der Waals surface area contributed by atoms with E-state index in [4.69, 9.17) is 11.6 Å². The lowest BCUT2D eigenvalue weighted by Gasteiger charge is -2.00. The summed E-state index contributed by atoms with van der Waals surface area (Å²) in [4.78, 5) is 12.9. The summed E-state index contributed by atoms with van der Waals surface area (Å²) in [5.41, 5.74) is 0. The highest BCUT2D eigenvalue weighted by Gasteiger charge is 2.10. The molecule has 2 aromatic heterocycles. The first kappa shape index (κ1) is 15.8. The molecule has 2 aromatic rings. The van der Waals surface area contributed by atoms with Crippen molar-refractivity contribution in [1.29, 1.82) is 0 Å². The van der Waals surface area contributed by atoms with E-state index in [9.17, 15) is 4.79 Å². The number of hydrogen-bond donors (Lipinski definition) is 1. The molecule has 2 rings (SSSR count). The predicted octanol–water partition coefficient (Wildman–Crippen LogP) is 4.25. The summed E-state index contributed by atoms with van der Waals surface area (Å²) in [6.45, 7) is 4.10. The van der Waals surface area contributed by atoms with Crippen molar-refractivity contribution in [1.82, 2.24) is 10.2 Å². The lowest BCUT2D eigenvalue weighted by atomic mass is 10.2. The number of thiophene rings is 1.